The van der Waals surface area contributed by atoms with Crippen molar-refractivity contribution in [3.63, 3.8) is 0 Å². The van der Waals surface area contributed by atoms with Gasteiger partial charge in [-0.15, -0.1) is 0 Å². The van der Waals surface area contributed by atoms with Gasteiger partial charge in [-0.1, -0.05) is 6.92 Å². The number of benzene rings is 1. The van der Waals surface area contributed by atoms with Gasteiger partial charge < -0.3 is 10.2 Å². The normalized spacial score (nSPS) is 25.5. The zero-order valence-electron chi connectivity index (χ0n) is 15.3. The summed E-state index contributed by atoms with van der Waals surface area (Å²) >= 11 is 0. The number of non-ortho nitro benzene ring substituents is 1. The summed E-state index contributed by atoms with van der Waals surface area (Å²) in [6, 6.07) is 4.80. The smallest absolute Gasteiger partial charge is 0.325 e. The molecule has 9 heteroatoms. The molecule has 27 heavy (non-hydrogen) atoms. The van der Waals surface area contributed by atoms with Crippen LogP contribution in [0.25, 0.3) is 0 Å². The maximum absolute atomic E-state index is 12.9. The Balaban J connectivity index is 1.75. The van der Waals surface area contributed by atoms with Crippen molar-refractivity contribution in [3.8, 4) is 0 Å². The van der Waals surface area contributed by atoms with Crippen molar-refractivity contribution < 1.29 is 19.3 Å². The van der Waals surface area contributed by atoms with Crippen molar-refractivity contribution in [1.29, 1.82) is 0 Å². The molecule has 2 fully saturated rings. The lowest BCUT2D eigenvalue weighted by Crippen LogP contribution is -2.47. The van der Waals surface area contributed by atoms with Crippen LogP contribution in [0.2, 0.25) is 0 Å². The number of amides is 4. The van der Waals surface area contributed by atoms with Crippen molar-refractivity contribution >= 4 is 23.5 Å². The van der Waals surface area contributed by atoms with Gasteiger partial charge in [-0.05, 0) is 43.4 Å². The van der Waals surface area contributed by atoms with Crippen LogP contribution in [0.5, 0.6) is 0 Å². The third kappa shape index (κ3) is 3.49. The highest BCUT2D eigenvalue weighted by Crippen LogP contribution is 2.30. The number of rotatable bonds is 4. The highest BCUT2D eigenvalue weighted by Gasteiger charge is 2.49. The van der Waals surface area contributed by atoms with E-state index in [-0.39, 0.29) is 18.1 Å². The number of nitro benzene ring substituents is 1. The summed E-state index contributed by atoms with van der Waals surface area (Å²) in [5.41, 5.74) is -1.04. The number of imide groups is 1. The Bertz CT molecular complexity index is 793. The molecule has 0 unspecified atom stereocenters. The van der Waals surface area contributed by atoms with Crippen molar-refractivity contribution in [1.82, 2.24) is 15.1 Å². The number of piperidine rings is 1. The van der Waals surface area contributed by atoms with Gasteiger partial charge >= 0.3 is 6.03 Å². The zero-order chi connectivity index (χ0) is 19.8. The molecule has 0 spiro atoms. The molecule has 2 heterocycles. The molecule has 3 rings (SSSR count). The minimum Gasteiger partial charge on any atom is -0.341 e. The van der Waals surface area contributed by atoms with E-state index in [1.165, 1.54) is 31.2 Å². The Kier molecular flexibility index (Phi) is 4.86. The average Bonchev–Trinajstić information content (AvgIpc) is 2.86. The van der Waals surface area contributed by atoms with E-state index in [0.29, 0.717) is 24.6 Å². The van der Waals surface area contributed by atoms with Crippen molar-refractivity contribution in [2.24, 2.45) is 5.92 Å². The van der Waals surface area contributed by atoms with Crippen LogP contribution in [0.1, 0.15) is 32.3 Å². The molecule has 9 nitrogen and oxygen atoms in total. The summed E-state index contributed by atoms with van der Waals surface area (Å²) in [5, 5.41) is 13.4. The number of likely N-dealkylation sites (tertiary alicyclic amines) is 1. The summed E-state index contributed by atoms with van der Waals surface area (Å²) in [6.07, 6.45) is 1.97. The zero-order valence-corrected chi connectivity index (χ0v) is 15.3. The highest BCUT2D eigenvalue weighted by atomic mass is 16.6. The molecular formula is C18H22N4O5. The first-order valence-corrected chi connectivity index (χ1v) is 8.89. The third-order valence-corrected chi connectivity index (χ3v) is 5.23. The summed E-state index contributed by atoms with van der Waals surface area (Å²) < 4.78 is 0. The predicted octanol–water partition coefficient (Wildman–Crippen LogP) is 1.62. The molecule has 1 N–H and O–H groups in total. The number of urea groups is 1. The summed E-state index contributed by atoms with van der Waals surface area (Å²) in [7, 11) is 0. The quantitative estimate of drug-likeness (QED) is 0.489. The van der Waals surface area contributed by atoms with Crippen LogP contribution < -0.4 is 5.32 Å². The van der Waals surface area contributed by atoms with E-state index in [1.54, 1.807) is 4.90 Å². The third-order valence-electron chi connectivity index (χ3n) is 5.23. The molecule has 0 aromatic heterocycles. The van der Waals surface area contributed by atoms with E-state index in [9.17, 15) is 24.5 Å². The average molecular weight is 374 g/mol. The van der Waals surface area contributed by atoms with Crippen molar-refractivity contribution in [3.05, 3.63) is 39.9 Å². The van der Waals surface area contributed by atoms with E-state index in [4.69, 9.17) is 0 Å². The summed E-state index contributed by atoms with van der Waals surface area (Å²) in [6.45, 7) is 4.55. The molecule has 4 amide bonds. The van der Waals surface area contributed by atoms with Crippen LogP contribution in [-0.4, -0.2) is 52.2 Å². The second-order valence-corrected chi connectivity index (χ2v) is 7.34. The van der Waals surface area contributed by atoms with E-state index in [0.717, 1.165) is 17.7 Å². The Morgan fingerprint density at radius 3 is 2.59 bits per heavy atom. The fraction of sp³-hybridized carbons (Fsp3) is 0.500. The maximum Gasteiger partial charge on any atom is 0.325 e. The molecule has 2 atom stereocenters. The molecule has 2 aliphatic heterocycles. The second kappa shape index (κ2) is 6.98. The predicted molar refractivity (Wildman–Crippen MR) is 95.7 cm³/mol. The molecule has 0 radical (unpaired) electrons. The van der Waals surface area contributed by atoms with Gasteiger partial charge in [0.1, 0.15) is 12.1 Å². The number of hydrogen-bond acceptors (Lipinski definition) is 5. The van der Waals surface area contributed by atoms with Gasteiger partial charge in [0.25, 0.3) is 11.6 Å². The van der Waals surface area contributed by atoms with Gasteiger partial charge in [0.05, 0.1) is 4.92 Å². The maximum atomic E-state index is 12.9. The molecule has 1 aromatic carbocycles. The Labute approximate surface area is 156 Å². The van der Waals surface area contributed by atoms with Crippen LogP contribution in [-0.2, 0) is 15.1 Å². The molecule has 0 aliphatic carbocycles. The van der Waals surface area contributed by atoms with Crippen LogP contribution in [0.4, 0.5) is 10.5 Å². The molecule has 1 aromatic rings. The monoisotopic (exact) mass is 374 g/mol. The van der Waals surface area contributed by atoms with E-state index in [2.05, 4.69) is 12.2 Å². The molecule has 2 aliphatic rings. The number of nitrogens with one attached hydrogen (secondary N) is 1. The van der Waals surface area contributed by atoms with Crippen molar-refractivity contribution in [2.75, 3.05) is 19.6 Å². The lowest BCUT2D eigenvalue weighted by molar-refractivity contribution is -0.384. The van der Waals surface area contributed by atoms with Crippen molar-refractivity contribution in [2.45, 2.75) is 32.2 Å². The van der Waals surface area contributed by atoms with Crippen LogP contribution >= 0.6 is 0 Å². The van der Waals surface area contributed by atoms with Crippen LogP contribution in [0.3, 0.4) is 0 Å². The standard InChI is InChI=1S/C18H22N4O5/c1-12-4-3-9-20(10-12)15(23)11-21-16(24)18(2,19-17(21)25)13-5-7-14(8-6-13)22(26)27/h5-8,12H,3-4,9-11H2,1-2H3,(H,19,25)/t12-,18-/m0/s1. The molecule has 144 valence electrons. The summed E-state index contributed by atoms with van der Waals surface area (Å²) in [5.74, 6) is -0.394. The minimum absolute atomic E-state index is 0.106. The number of hydrogen-bond donors (Lipinski definition) is 1. The highest BCUT2D eigenvalue weighted by molar-refractivity contribution is 6.09. The first-order valence-electron chi connectivity index (χ1n) is 8.89. The first kappa shape index (κ1) is 18.8. The van der Waals surface area contributed by atoms with Gasteiger partial charge in [-0.25, -0.2) is 4.79 Å². The van der Waals surface area contributed by atoms with Gasteiger partial charge in [0.2, 0.25) is 5.91 Å². The first-order chi connectivity index (χ1) is 12.7. The lowest BCUT2D eigenvalue weighted by Gasteiger charge is -2.31. The topological polar surface area (TPSA) is 113 Å². The number of carbonyl (C=O) groups is 3. The largest absolute Gasteiger partial charge is 0.341 e. The molecule has 0 bridgehead atoms. The lowest BCUT2D eigenvalue weighted by atomic mass is 9.92. The van der Waals surface area contributed by atoms with E-state index >= 15 is 0 Å². The Hall–Kier alpha value is -2.97. The Morgan fingerprint density at radius 1 is 1.33 bits per heavy atom. The number of carbonyl (C=O) groups excluding carboxylic acids is 3. The van der Waals surface area contributed by atoms with Crippen LogP contribution in [0.15, 0.2) is 24.3 Å². The molecule has 2 saturated heterocycles. The molecule has 0 saturated carbocycles. The number of nitrogens with zero attached hydrogens (tertiary/aromatic N) is 3. The summed E-state index contributed by atoms with van der Waals surface area (Å²) in [4.78, 5) is 50.6. The molecular weight excluding hydrogens is 352 g/mol. The number of nitro groups is 1. The van der Waals surface area contributed by atoms with Crippen LogP contribution in [0, 0.1) is 16.0 Å². The fourth-order valence-corrected chi connectivity index (χ4v) is 3.60. The Morgan fingerprint density at radius 2 is 2.00 bits per heavy atom. The van der Waals surface area contributed by atoms with Gasteiger partial charge in [0.15, 0.2) is 0 Å². The second-order valence-electron chi connectivity index (χ2n) is 7.34. The van der Waals surface area contributed by atoms with E-state index in [1.807, 2.05) is 0 Å². The fourth-order valence-electron chi connectivity index (χ4n) is 3.60. The van der Waals surface area contributed by atoms with Gasteiger partial charge in [-0.3, -0.25) is 24.6 Å². The van der Waals surface area contributed by atoms with E-state index < -0.39 is 22.4 Å². The minimum atomic E-state index is -1.36. The van der Waals surface area contributed by atoms with Gasteiger partial charge in [-0.2, -0.15) is 0 Å². The SMILES string of the molecule is C[C@H]1CCCN(C(=O)CN2C(=O)N[C@@](C)(c3ccc([N+](=O)[O-])cc3)C2=O)C1. The van der Waals surface area contributed by atoms with Gasteiger partial charge in [0, 0.05) is 25.2 Å².